The molecular weight excluding hydrogens is 388 g/mol. The van der Waals surface area contributed by atoms with Crippen LogP contribution in [0.1, 0.15) is 53.4 Å². The Morgan fingerprint density at radius 3 is 2.71 bits per heavy atom. The smallest absolute Gasteiger partial charge is 0.254 e. The zero-order valence-corrected chi connectivity index (χ0v) is 18.3. The van der Waals surface area contributed by atoms with Crippen LogP contribution in [0.5, 0.6) is 11.5 Å². The van der Waals surface area contributed by atoms with Crippen LogP contribution in [-0.4, -0.2) is 28.7 Å². The van der Waals surface area contributed by atoms with Gasteiger partial charge in [-0.05, 0) is 54.8 Å². The Bertz CT molecular complexity index is 1040. The fourth-order valence-electron chi connectivity index (χ4n) is 3.93. The van der Waals surface area contributed by atoms with Gasteiger partial charge in [-0.15, -0.1) is 0 Å². The quantitative estimate of drug-likeness (QED) is 0.437. The molecule has 0 radical (unpaired) electrons. The standard InChI is InChI=1S/C26H30N2O3/c1-3-4-7-14-28(26(29)21-12-13-24-25(16-21)31-19-30-24)18-23-11-8-15-27(23)17-22-10-6-5-9-20(22)2/h5-6,8-13,15-16H,3-4,7,14,17-19H2,1-2H3. The van der Waals surface area contributed by atoms with Crippen molar-refractivity contribution in [1.82, 2.24) is 9.47 Å². The highest BCUT2D eigenvalue weighted by molar-refractivity contribution is 5.95. The number of amides is 1. The summed E-state index contributed by atoms with van der Waals surface area (Å²) in [6, 6.07) is 18.1. The van der Waals surface area contributed by atoms with Gasteiger partial charge >= 0.3 is 0 Å². The molecule has 0 aliphatic carbocycles. The first-order valence-corrected chi connectivity index (χ1v) is 11.0. The summed E-state index contributed by atoms with van der Waals surface area (Å²) >= 11 is 0. The number of aryl methyl sites for hydroxylation is 1. The Morgan fingerprint density at radius 1 is 1.03 bits per heavy atom. The number of fused-ring (bicyclic) bond motifs is 1. The summed E-state index contributed by atoms with van der Waals surface area (Å²) in [7, 11) is 0. The number of nitrogens with zero attached hydrogens (tertiary/aromatic N) is 2. The molecule has 2 heterocycles. The van der Waals surface area contributed by atoms with Gasteiger partial charge in [-0.2, -0.15) is 0 Å². The molecule has 0 saturated carbocycles. The highest BCUT2D eigenvalue weighted by Gasteiger charge is 2.21. The maximum absolute atomic E-state index is 13.4. The monoisotopic (exact) mass is 418 g/mol. The minimum Gasteiger partial charge on any atom is -0.454 e. The summed E-state index contributed by atoms with van der Waals surface area (Å²) in [6.45, 7) is 6.64. The summed E-state index contributed by atoms with van der Waals surface area (Å²) in [5.74, 6) is 1.36. The zero-order chi connectivity index (χ0) is 21.6. The molecule has 4 rings (SSSR count). The van der Waals surface area contributed by atoms with E-state index in [0.717, 1.165) is 38.0 Å². The molecule has 0 unspecified atom stereocenters. The van der Waals surface area contributed by atoms with Crippen LogP contribution in [0.4, 0.5) is 0 Å². The Labute approximate surface area is 184 Å². The second-order valence-electron chi connectivity index (χ2n) is 8.06. The number of hydrogen-bond acceptors (Lipinski definition) is 3. The fourth-order valence-corrected chi connectivity index (χ4v) is 3.93. The summed E-state index contributed by atoms with van der Waals surface area (Å²) in [6.07, 6.45) is 5.31. The van der Waals surface area contributed by atoms with Gasteiger partial charge in [-0.25, -0.2) is 0 Å². The SMILES string of the molecule is CCCCCN(Cc1cccn1Cc1ccccc1C)C(=O)c1ccc2c(c1)OCO2. The molecule has 162 valence electrons. The van der Waals surface area contributed by atoms with Crippen LogP contribution in [0.25, 0.3) is 0 Å². The minimum atomic E-state index is 0.0260. The number of rotatable bonds is 9. The van der Waals surface area contributed by atoms with Gasteiger partial charge in [0.15, 0.2) is 11.5 Å². The van der Waals surface area contributed by atoms with Crippen molar-refractivity contribution < 1.29 is 14.3 Å². The Morgan fingerprint density at radius 2 is 1.87 bits per heavy atom. The molecular formula is C26H30N2O3. The first-order chi connectivity index (χ1) is 15.2. The highest BCUT2D eigenvalue weighted by Crippen LogP contribution is 2.33. The van der Waals surface area contributed by atoms with E-state index in [9.17, 15) is 4.79 Å². The Balaban J connectivity index is 1.54. The molecule has 0 fully saturated rings. The van der Waals surface area contributed by atoms with E-state index >= 15 is 0 Å². The van der Waals surface area contributed by atoms with E-state index in [2.05, 4.69) is 61.0 Å². The van der Waals surface area contributed by atoms with Gasteiger partial charge in [0.2, 0.25) is 6.79 Å². The molecule has 0 atom stereocenters. The van der Waals surface area contributed by atoms with Gasteiger partial charge in [0.1, 0.15) is 0 Å². The van der Waals surface area contributed by atoms with Crippen LogP contribution in [0.2, 0.25) is 0 Å². The van der Waals surface area contributed by atoms with E-state index in [1.54, 1.807) is 6.07 Å². The molecule has 2 aromatic carbocycles. The van der Waals surface area contributed by atoms with E-state index in [1.807, 2.05) is 17.0 Å². The topological polar surface area (TPSA) is 43.7 Å². The average molecular weight is 419 g/mol. The number of hydrogen-bond donors (Lipinski definition) is 0. The number of carbonyl (C=O) groups excluding carboxylic acids is 1. The van der Waals surface area contributed by atoms with E-state index in [4.69, 9.17) is 9.47 Å². The molecule has 1 aromatic heterocycles. The lowest BCUT2D eigenvalue weighted by molar-refractivity contribution is 0.0736. The highest BCUT2D eigenvalue weighted by atomic mass is 16.7. The van der Waals surface area contributed by atoms with Gasteiger partial charge in [-0.1, -0.05) is 44.0 Å². The molecule has 1 aliphatic heterocycles. The van der Waals surface area contributed by atoms with E-state index in [1.165, 1.54) is 11.1 Å². The van der Waals surface area contributed by atoms with Crippen molar-refractivity contribution in [3.8, 4) is 11.5 Å². The molecule has 0 saturated heterocycles. The lowest BCUT2D eigenvalue weighted by Crippen LogP contribution is -2.32. The Hall–Kier alpha value is -3.21. The van der Waals surface area contributed by atoms with E-state index in [-0.39, 0.29) is 12.7 Å². The lowest BCUT2D eigenvalue weighted by Gasteiger charge is -2.24. The van der Waals surface area contributed by atoms with Crippen molar-refractivity contribution in [1.29, 1.82) is 0 Å². The molecule has 1 aliphatic rings. The Kier molecular flexibility index (Phi) is 6.60. The van der Waals surface area contributed by atoms with E-state index < -0.39 is 0 Å². The van der Waals surface area contributed by atoms with Crippen LogP contribution in [0.15, 0.2) is 60.8 Å². The summed E-state index contributed by atoms with van der Waals surface area (Å²) in [5, 5.41) is 0. The summed E-state index contributed by atoms with van der Waals surface area (Å²) in [4.78, 5) is 15.4. The average Bonchev–Trinajstić information content (AvgIpc) is 3.43. The molecule has 0 N–H and O–H groups in total. The predicted molar refractivity (Wildman–Crippen MR) is 122 cm³/mol. The van der Waals surface area contributed by atoms with Gasteiger partial charge in [0, 0.05) is 30.5 Å². The van der Waals surface area contributed by atoms with Crippen molar-refractivity contribution in [3.63, 3.8) is 0 Å². The third-order valence-electron chi connectivity index (χ3n) is 5.82. The molecule has 31 heavy (non-hydrogen) atoms. The molecule has 0 bridgehead atoms. The number of carbonyl (C=O) groups is 1. The number of benzene rings is 2. The minimum absolute atomic E-state index is 0.0260. The third-order valence-corrected chi connectivity index (χ3v) is 5.82. The van der Waals surface area contributed by atoms with Crippen LogP contribution in [0.3, 0.4) is 0 Å². The van der Waals surface area contributed by atoms with Crippen LogP contribution in [0, 0.1) is 6.92 Å². The van der Waals surface area contributed by atoms with Gasteiger partial charge in [0.05, 0.1) is 6.54 Å². The largest absolute Gasteiger partial charge is 0.454 e. The maximum Gasteiger partial charge on any atom is 0.254 e. The fraction of sp³-hybridized carbons (Fsp3) is 0.346. The first kappa shape index (κ1) is 21.0. The molecule has 1 amide bonds. The second-order valence-corrected chi connectivity index (χ2v) is 8.06. The van der Waals surface area contributed by atoms with Gasteiger partial charge in [0.25, 0.3) is 5.91 Å². The van der Waals surface area contributed by atoms with Gasteiger partial charge < -0.3 is 18.9 Å². The predicted octanol–water partition coefficient (Wildman–Crippen LogP) is 5.41. The van der Waals surface area contributed by atoms with Crippen molar-refractivity contribution in [3.05, 3.63) is 83.2 Å². The van der Waals surface area contributed by atoms with Crippen LogP contribution >= 0.6 is 0 Å². The summed E-state index contributed by atoms with van der Waals surface area (Å²) in [5.41, 5.74) is 4.34. The molecule has 5 heteroatoms. The normalized spacial score (nSPS) is 12.2. The molecule has 3 aromatic rings. The van der Waals surface area contributed by atoms with E-state index in [0.29, 0.717) is 23.6 Å². The second kappa shape index (κ2) is 9.73. The number of aromatic nitrogens is 1. The van der Waals surface area contributed by atoms with Crippen LogP contribution < -0.4 is 9.47 Å². The first-order valence-electron chi connectivity index (χ1n) is 11.0. The van der Waals surface area contributed by atoms with Gasteiger partial charge in [-0.3, -0.25) is 4.79 Å². The molecule has 5 nitrogen and oxygen atoms in total. The zero-order valence-electron chi connectivity index (χ0n) is 18.3. The van der Waals surface area contributed by atoms with Crippen LogP contribution in [-0.2, 0) is 13.1 Å². The third kappa shape index (κ3) is 4.93. The van der Waals surface area contributed by atoms with Crippen molar-refractivity contribution in [2.75, 3.05) is 13.3 Å². The maximum atomic E-state index is 13.4. The van der Waals surface area contributed by atoms with Crippen molar-refractivity contribution >= 4 is 5.91 Å². The van der Waals surface area contributed by atoms with Crippen molar-refractivity contribution in [2.45, 2.75) is 46.2 Å². The van der Waals surface area contributed by atoms with Crippen molar-refractivity contribution in [2.24, 2.45) is 0 Å². The number of unbranched alkanes of at least 4 members (excludes halogenated alkanes) is 2. The molecule has 0 spiro atoms. The summed E-state index contributed by atoms with van der Waals surface area (Å²) < 4.78 is 13.1. The number of ether oxygens (including phenoxy) is 2. The lowest BCUT2D eigenvalue weighted by atomic mass is 10.1.